The Morgan fingerprint density at radius 3 is 2.72 bits per heavy atom. The van der Waals surface area contributed by atoms with Crippen LogP contribution in [-0.4, -0.2) is 25.1 Å². The molecule has 0 aliphatic carbocycles. The monoisotopic (exact) mass is 391 g/mol. The van der Waals surface area contributed by atoms with Crippen LogP contribution in [0.3, 0.4) is 0 Å². The predicted molar refractivity (Wildman–Crippen MR) is 102 cm³/mol. The first-order valence-corrected chi connectivity index (χ1v) is 9.29. The largest absolute Gasteiger partial charge is 0.365 e. The molecule has 0 amide bonds. The van der Waals surface area contributed by atoms with E-state index in [2.05, 4.69) is 52.5 Å². The van der Waals surface area contributed by atoms with Crippen molar-refractivity contribution >= 4 is 0 Å². The molecule has 2 aromatic heterocycles. The molecule has 0 saturated heterocycles. The van der Waals surface area contributed by atoms with E-state index in [1.807, 2.05) is 4.68 Å². The molecule has 146 valence electrons. The number of fused-ring (bicyclic) bond motifs is 1. The topological polar surface area (TPSA) is 78.9 Å². The molecule has 29 heavy (non-hydrogen) atoms. The van der Waals surface area contributed by atoms with Crippen molar-refractivity contribution < 1.29 is 13.7 Å². The molecule has 2 aromatic carbocycles. The first-order chi connectivity index (χ1) is 14.1. The number of halogens is 1. The van der Waals surface area contributed by atoms with Gasteiger partial charge in [-0.25, -0.2) is 9.07 Å². The van der Waals surface area contributed by atoms with Crippen LogP contribution in [0.25, 0.3) is 23.0 Å². The lowest BCUT2D eigenvalue weighted by Crippen LogP contribution is -2.22. The molecule has 0 fully saturated rings. The standard InChI is InChI=1S/C21H18FN5O2/c1-12-3-8-16(13(2)9-12)18-10-27-17(11-28-18)19(24-26-27)21-23-20(25-29-21)14-4-6-15(22)7-5-14/h3-9,18H,10-11H2,1-2H3/t18-/m1/s1. The van der Waals surface area contributed by atoms with Crippen LogP contribution in [0.15, 0.2) is 47.0 Å². The predicted octanol–water partition coefficient (Wildman–Crippen LogP) is 4.02. The third-order valence-corrected chi connectivity index (χ3v) is 5.10. The second kappa shape index (κ2) is 6.89. The highest BCUT2D eigenvalue weighted by Crippen LogP contribution is 2.32. The molecule has 0 saturated carbocycles. The zero-order valence-corrected chi connectivity index (χ0v) is 16.0. The maximum atomic E-state index is 13.1. The highest BCUT2D eigenvalue weighted by Gasteiger charge is 2.28. The van der Waals surface area contributed by atoms with E-state index in [4.69, 9.17) is 9.26 Å². The molecule has 5 rings (SSSR count). The third-order valence-electron chi connectivity index (χ3n) is 5.10. The highest BCUT2D eigenvalue weighted by molar-refractivity contribution is 5.58. The lowest BCUT2D eigenvalue weighted by molar-refractivity contribution is -0.00153. The van der Waals surface area contributed by atoms with E-state index in [1.54, 1.807) is 12.1 Å². The zero-order chi connectivity index (χ0) is 20.0. The van der Waals surface area contributed by atoms with E-state index < -0.39 is 0 Å². The van der Waals surface area contributed by atoms with E-state index in [0.717, 1.165) is 11.3 Å². The van der Waals surface area contributed by atoms with Crippen LogP contribution < -0.4 is 0 Å². The maximum Gasteiger partial charge on any atom is 0.280 e. The quantitative estimate of drug-likeness (QED) is 0.525. The zero-order valence-electron chi connectivity index (χ0n) is 16.0. The number of aryl methyl sites for hydroxylation is 2. The van der Waals surface area contributed by atoms with Gasteiger partial charge in [0.25, 0.3) is 5.89 Å². The van der Waals surface area contributed by atoms with E-state index >= 15 is 0 Å². The molecule has 0 radical (unpaired) electrons. The van der Waals surface area contributed by atoms with Gasteiger partial charge in [0, 0.05) is 5.56 Å². The summed E-state index contributed by atoms with van der Waals surface area (Å²) in [4.78, 5) is 4.39. The van der Waals surface area contributed by atoms with Gasteiger partial charge in [0.05, 0.1) is 18.8 Å². The molecule has 1 atom stereocenters. The minimum Gasteiger partial charge on any atom is -0.365 e. The van der Waals surface area contributed by atoms with Crippen LogP contribution in [0.5, 0.6) is 0 Å². The second-order valence-corrected chi connectivity index (χ2v) is 7.16. The van der Waals surface area contributed by atoms with Gasteiger partial charge in [0.1, 0.15) is 11.9 Å². The summed E-state index contributed by atoms with van der Waals surface area (Å²) in [7, 11) is 0. The second-order valence-electron chi connectivity index (χ2n) is 7.16. The molecular formula is C21H18FN5O2. The van der Waals surface area contributed by atoms with Crippen LogP contribution in [0.1, 0.15) is 28.5 Å². The van der Waals surface area contributed by atoms with Crippen molar-refractivity contribution in [3.8, 4) is 23.0 Å². The molecule has 1 aliphatic rings. The van der Waals surface area contributed by atoms with Gasteiger partial charge in [-0.2, -0.15) is 4.98 Å². The Labute approximate surface area is 166 Å². The molecule has 7 nitrogen and oxygen atoms in total. The minimum atomic E-state index is -0.319. The Kier molecular flexibility index (Phi) is 4.21. The van der Waals surface area contributed by atoms with Gasteiger partial charge in [-0.15, -0.1) is 5.10 Å². The van der Waals surface area contributed by atoms with E-state index in [0.29, 0.717) is 30.2 Å². The van der Waals surface area contributed by atoms with Crippen LogP contribution in [-0.2, 0) is 17.9 Å². The number of benzene rings is 2. The van der Waals surface area contributed by atoms with E-state index in [-0.39, 0.29) is 17.8 Å². The SMILES string of the molecule is Cc1ccc([C@H]2Cn3nnc(-c4nc(-c5ccc(F)cc5)no4)c3CO2)c(C)c1. The first-order valence-electron chi connectivity index (χ1n) is 9.29. The van der Waals surface area contributed by atoms with Crippen molar-refractivity contribution in [2.24, 2.45) is 0 Å². The average molecular weight is 391 g/mol. The van der Waals surface area contributed by atoms with Gasteiger partial charge in [0.15, 0.2) is 5.69 Å². The van der Waals surface area contributed by atoms with E-state index in [1.165, 1.54) is 23.3 Å². The molecule has 0 spiro atoms. The minimum absolute atomic E-state index is 0.0879. The number of rotatable bonds is 3. The lowest BCUT2D eigenvalue weighted by Gasteiger charge is -2.25. The Balaban J connectivity index is 1.42. The summed E-state index contributed by atoms with van der Waals surface area (Å²) in [5, 5.41) is 12.5. The molecule has 0 unspecified atom stereocenters. The fourth-order valence-electron chi connectivity index (χ4n) is 3.59. The summed E-state index contributed by atoms with van der Waals surface area (Å²) in [6.07, 6.45) is -0.0879. The van der Waals surface area contributed by atoms with Crippen molar-refractivity contribution in [1.29, 1.82) is 0 Å². The van der Waals surface area contributed by atoms with Crippen molar-refractivity contribution in [2.45, 2.75) is 33.1 Å². The molecule has 8 heteroatoms. The summed E-state index contributed by atoms with van der Waals surface area (Å²) >= 11 is 0. The fourth-order valence-corrected chi connectivity index (χ4v) is 3.59. The molecular weight excluding hydrogens is 373 g/mol. The summed E-state index contributed by atoms with van der Waals surface area (Å²) in [5.41, 5.74) is 5.52. The molecule has 1 aliphatic heterocycles. The number of aromatic nitrogens is 5. The molecule has 0 bridgehead atoms. The number of hydrogen-bond acceptors (Lipinski definition) is 6. The average Bonchev–Trinajstić information content (AvgIpc) is 3.35. The number of nitrogens with zero attached hydrogens (tertiary/aromatic N) is 5. The van der Waals surface area contributed by atoms with E-state index in [9.17, 15) is 4.39 Å². The third kappa shape index (κ3) is 3.21. The van der Waals surface area contributed by atoms with Crippen molar-refractivity contribution in [1.82, 2.24) is 25.1 Å². The van der Waals surface area contributed by atoms with Crippen LogP contribution in [0.4, 0.5) is 4.39 Å². The molecule has 3 heterocycles. The Morgan fingerprint density at radius 2 is 1.93 bits per heavy atom. The van der Waals surface area contributed by atoms with Crippen LogP contribution in [0.2, 0.25) is 0 Å². The number of ether oxygens (including phenoxy) is 1. The molecule has 4 aromatic rings. The summed E-state index contributed by atoms with van der Waals surface area (Å²) in [5.74, 6) is 0.311. The van der Waals surface area contributed by atoms with Gasteiger partial charge >= 0.3 is 0 Å². The molecule has 0 N–H and O–H groups in total. The summed E-state index contributed by atoms with van der Waals surface area (Å²) < 4.78 is 26.4. The van der Waals surface area contributed by atoms with Crippen LogP contribution in [0, 0.1) is 19.7 Å². The van der Waals surface area contributed by atoms with Gasteiger partial charge < -0.3 is 9.26 Å². The Morgan fingerprint density at radius 1 is 1.10 bits per heavy atom. The smallest absolute Gasteiger partial charge is 0.280 e. The Bertz CT molecular complexity index is 1180. The number of hydrogen-bond donors (Lipinski definition) is 0. The van der Waals surface area contributed by atoms with Crippen molar-refractivity contribution in [2.75, 3.05) is 0 Å². The highest BCUT2D eigenvalue weighted by atomic mass is 19.1. The summed E-state index contributed by atoms with van der Waals surface area (Å²) in [6, 6.07) is 12.2. The van der Waals surface area contributed by atoms with Gasteiger partial charge in [-0.1, -0.05) is 34.1 Å². The normalized spacial score (nSPS) is 16.0. The van der Waals surface area contributed by atoms with Gasteiger partial charge in [0.2, 0.25) is 5.82 Å². The lowest BCUT2D eigenvalue weighted by atomic mass is 10.0. The first kappa shape index (κ1) is 17.7. The van der Waals surface area contributed by atoms with Gasteiger partial charge in [-0.05, 0) is 49.2 Å². The summed E-state index contributed by atoms with van der Waals surface area (Å²) in [6.45, 7) is 5.06. The Hall–Kier alpha value is -3.39. The van der Waals surface area contributed by atoms with Crippen LogP contribution >= 0.6 is 0 Å². The van der Waals surface area contributed by atoms with Crippen molar-refractivity contribution in [3.05, 3.63) is 70.7 Å². The fraction of sp³-hybridized carbons (Fsp3) is 0.238. The van der Waals surface area contributed by atoms with Gasteiger partial charge in [-0.3, -0.25) is 0 Å². The maximum absolute atomic E-state index is 13.1. The van der Waals surface area contributed by atoms with Crippen molar-refractivity contribution in [3.63, 3.8) is 0 Å².